The Bertz CT molecular complexity index is 759. The van der Waals surface area contributed by atoms with E-state index in [1.807, 2.05) is 0 Å². The topological polar surface area (TPSA) is 131 Å². The number of benzene rings is 1. The molecule has 1 heterocycles. The standard InChI is InChI=1S/C16H20N4O6/c1-4-16(5-2)14(22)19(15(23)18-16)9-13(21)17-11-7-6-10(20(24)25)8-12(11)26-3/h6-8H,4-5,9H2,1-3H3,(H,17,21)(H,18,23). The lowest BCUT2D eigenvalue weighted by atomic mass is 9.93. The molecule has 0 aromatic heterocycles. The summed E-state index contributed by atoms with van der Waals surface area (Å²) in [5.41, 5.74) is -0.973. The van der Waals surface area contributed by atoms with Gasteiger partial charge in [-0.2, -0.15) is 0 Å². The summed E-state index contributed by atoms with van der Waals surface area (Å²) < 4.78 is 5.04. The molecule has 1 aromatic rings. The molecule has 0 bridgehead atoms. The zero-order valence-corrected chi connectivity index (χ0v) is 14.7. The predicted molar refractivity (Wildman–Crippen MR) is 91.8 cm³/mol. The van der Waals surface area contributed by atoms with E-state index in [0.29, 0.717) is 12.8 Å². The Hall–Kier alpha value is -3.17. The number of nitro groups is 1. The summed E-state index contributed by atoms with van der Waals surface area (Å²) >= 11 is 0. The normalized spacial score (nSPS) is 15.6. The number of methoxy groups -OCH3 is 1. The Morgan fingerprint density at radius 3 is 2.50 bits per heavy atom. The highest BCUT2D eigenvalue weighted by Crippen LogP contribution is 2.29. The zero-order chi connectivity index (χ0) is 19.5. The van der Waals surface area contributed by atoms with Crippen LogP contribution < -0.4 is 15.4 Å². The highest BCUT2D eigenvalue weighted by atomic mass is 16.6. The van der Waals surface area contributed by atoms with Crippen LogP contribution in [0, 0.1) is 10.1 Å². The molecule has 0 saturated carbocycles. The van der Waals surface area contributed by atoms with Crippen LogP contribution in [0.25, 0.3) is 0 Å². The zero-order valence-electron chi connectivity index (χ0n) is 14.7. The first-order valence-corrected chi connectivity index (χ1v) is 8.04. The van der Waals surface area contributed by atoms with Crippen molar-refractivity contribution in [2.75, 3.05) is 19.0 Å². The minimum atomic E-state index is -0.984. The maximum absolute atomic E-state index is 12.5. The minimum absolute atomic E-state index is 0.0983. The monoisotopic (exact) mass is 364 g/mol. The minimum Gasteiger partial charge on any atom is -0.494 e. The van der Waals surface area contributed by atoms with E-state index in [1.54, 1.807) is 13.8 Å². The molecular weight excluding hydrogens is 344 g/mol. The molecule has 0 radical (unpaired) electrons. The van der Waals surface area contributed by atoms with Gasteiger partial charge in [-0.1, -0.05) is 13.8 Å². The van der Waals surface area contributed by atoms with Crippen LogP contribution in [0.4, 0.5) is 16.2 Å². The van der Waals surface area contributed by atoms with Crippen molar-refractivity contribution in [3.8, 4) is 5.75 Å². The number of non-ortho nitro benzene ring substituents is 1. The maximum Gasteiger partial charge on any atom is 0.325 e. The SMILES string of the molecule is CCC1(CC)NC(=O)N(CC(=O)Nc2ccc([N+](=O)[O-])cc2OC)C1=O. The van der Waals surface area contributed by atoms with E-state index in [-0.39, 0.29) is 17.1 Å². The first-order chi connectivity index (χ1) is 12.3. The van der Waals surface area contributed by atoms with E-state index in [0.717, 1.165) is 4.90 Å². The third-order valence-corrected chi connectivity index (χ3v) is 4.42. The quantitative estimate of drug-likeness (QED) is 0.430. The Morgan fingerprint density at radius 2 is 2.00 bits per heavy atom. The van der Waals surface area contributed by atoms with Crippen molar-refractivity contribution in [2.24, 2.45) is 0 Å². The molecule has 1 aromatic carbocycles. The summed E-state index contributed by atoms with van der Waals surface area (Å²) in [6, 6.07) is 3.08. The molecule has 0 atom stereocenters. The molecule has 0 aliphatic carbocycles. The number of nitrogens with zero attached hydrogens (tertiary/aromatic N) is 2. The summed E-state index contributed by atoms with van der Waals surface area (Å²) in [5.74, 6) is -0.969. The smallest absolute Gasteiger partial charge is 0.325 e. The fourth-order valence-corrected chi connectivity index (χ4v) is 2.78. The largest absolute Gasteiger partial charge is 0.494 e. The van der Waals surface area contributed by atoms with Crippen LogP contribution in [-0.4, -0.2) is 46.9 Å². The third kappa shape index (κ3) is 3.44. The molecule has 1 saturated heterocycles. The number of anilines is 1. The molecule has 140 valence electrons. The van der Waals surface area contributed by atoms with E-state index in [1.165, 1.54) is 25.3 Å². The van der Waals surface area contributed by atoms with Crippen molar-refractivity contribution in [3.63, 3.8) is 0 Å². The van der Waals surface area contributed by atoms with Crippen LogP contribution in [0.1, 0.15) is 26.7 Å². The van der Waals surface area contributed by atoms with Crippen molar-refractivity contribution in [2.45, 2.75) is 32.2 Å². The van der Waals surface area contributed by atoms with Gasteiger partial charge in [-0.15, -0.1) is 0 Å². The summed E-state index contributed by atoms with van der Waals surface area (Å²) in [6.07, 6.45) is 0.838. The molecule has 4 amide bonds. The molecular formula is C16H20N4O6. The second-order valence-electron chi connectivity index (χ2n) is 5.80. The number of ether oxygens (including phenoxy) is 1. The molecule has 10 heteroatoms. The summed E-state index contributed by atoms with van der Waals surface area (Å²) in [7, 11) is 1.31. The number of rotatable bonds is 7. The van der Waals surface area contributed by atoms with Crippen molar-refractivity contribution < 1.29 is 24.0 Å². The Kier molecular flexibility index (Phi) is 5.44. The van der Waals surface area contributed by atoms with Gasteiger partial charge in [0.1, 0.15) is 17.8 Å². The second-order valence-corrected chi connectivity index (χ2v) is 5.80. The average Bonchev–Trinajstić information content (AvgIpc) is 2.86. The summed E-state index contributed by atoms with van der Waals surface area (Å²) in [5, 5.41) is 15.9. The van der Waals surface area contributed by atoms with Gasteiger partial charge in [-0.25, -0.2) is 4.79 Å². The van der Waals surface area contributed by atoms with Gasteiger partial charge in [0.15, 0.2) is 0 Å². The molecule has 26 heavy (non-hydrogen) atoms. The van der Waals surface area contributed by atoms with Crippen molar-refractivity contribution in [3.05, 3.63) is 28.3 Å². The lowest BCUT2D eigenvalue weighted by Gasteiger charge is -2.23. The number of urea groups is 1. The van der Waals surface area contributed by atoms with Gasteiger partial charge in [-0.05, 0) is 18.9 Å². The Labute approximate surface area is 149 Å². The van der Waals surface area contributed by atoms with Crippen LogP contribution in [0.3, 0.4) is 0 Å². The van der Waals surface area contributed by atoms with Gasteiger partial charge in [0.25, 0.3) is 11.6 Å². The van der Waals surface area contributed by atoms with E-state index in [2.05, 4.69) is 10.6 Å². The molecule has 1 aliphatic heterocycles. The van der Waals surface area contributed by atoms with Crippen molar-refractivity contribution in [1.29, 1.82) is 0 Å². The van der Waals surface area contributed by atoms with Gasteiger partial charge in [0.05, 0.1) is 23.8 Å². The van der Waals surface area contributed by atoms with Gasteiger partial charge in [0, 0.05) is 6.07 Å². The van der Waals surface area contributed by atoms with Gasteiger partial charge in [-0.3, -0.25) is 24.6 Å². The Balaban J connectivity index is 2.13. The third-order valence-electron chi connectivity index (χ3n) is 4.42. The van der Waals surface area contributed by atoms with E-state index >= 15 is 0 Å². The summed E-state index contributed by atoms with van der Waals surface area (Å²) in [6.45, 7) is 3.10. The van der Waals surface area contributed by atoms with Gasteiger partial charge >= 0.3 is 6.03 Å². The number of carbonyl (C=O) groups excluding carboxylic acids is 3. The van der Waals surface area contributed by atoms with Crippen molar-refractivity contribution >= 4 is 29.2 Å². The number of imide groups is 1. The predicted octanol–water partition coefficient (Wildman–Crippen LogP) is 1.65. The van der Waals surface area contributed by atoms with Crippen LogP contribution in [-0.2, 0) is 9.59 Å². The van der Waals surface area contributed by atoms with Crippen LogP contribution in [0.5, 0.6) is 5.75 Å². The highest BCUT2D eigenvalue weighted by molar-refractivity contribution is 6.10. The van der Waals surface area contributed by atoms with Crippen molar-refractivity contribution in [1.82, 2.24) is 10.2 Å². The van der Waals surface area contributed by atoms with E-state index in [4.69, 9.17) is 4.74 Å². The number of hydrogen-bond acceptors (Lipinski definition) is 6. The number of amides is 4. The molecule has 2 N–H and O–H groups in total. The van der Waals surface area contributed by atoms with Crippen LogP contribution in [0.15, 0.2) is 18.2 Å². The summed E-state index contributed by atoms with van der Waals surface area (Å²) in [4.78, 5) is 47.9. The van der Waals surface area contributed by atoms with Crippen LogP contribution >= 0.6 is 0 Å². The lowest BCUT2D eigenvalue weighted by Crippen LogP contribution is -2.46. The second kappa shape index (κ2) is 7.38. The average molecular weight is 364 g/mol. The molecule has 10 nitrogen and oxygen atoms in total. The van der Waals surface area contributed by atoms with E-state index in [9.17, 15) is 24.5 Å². The molecule has 1 aliphatic rings. The molecule has 2 rings (SSSR count). The number of nitro benzene ring substituents is 1. The van der Waals surface area contributed by atoms with Gasteiger partial charge < -0.3 is 15.4 Å². The first kappa shape index (κ1) is 19.2. The van der Waals surface area contributed by atoms with E-state index < -0.39 is 34.9 Å². The molecule has 0 unspecified atom stereocenters. The lowest BCUT2D eigenvalue weighted by molar-refractivity contribution is -0.384. The highest BCUT2D eigenvalue weighted by Gasteiger charge is 2.49. The number of hydrogen-bond donors (Lipinski definition) is 2. The number of carbonyl (C=O) groups is 3. The number of nitrogens with one attached hydrogen (secondary N) is 2. The first-order valence-electron chi connectivity index (χ1n) is 8.04. The Morgan fingerprint density at radius 1 is 1.35 bits per heavy atom. The molecule has 1 fully saturated rings. The fourth-order valence-electron chi connectivity index (χ4n) is 2.78. The van der Waals surface area contributed by atoms with Crippen LogP contribution in [0.2, 0.25) is 0 Å². The molecule has 0 spiro atoms. The van der Waals surface area contributed by atoms with Gasteiger partial charge in [0.2, 0.25) is 5.91 Å². The fraction of sp³-hybridized carbons (Fsp3) is 0.438. The maximum atomic E-state index is 12.5.